The van der Waals surface area contributed by atoms with Gasteiger partial charge in [0.1, 0.15) is 0 Å². The number of rotatable bonds is 0. The smallest absolute Gasteiger partial charge is 0.0546 e. The van der Waals surface area contributed by atoms with Crippen LogP contribution in [0.25, 0.3) is 0 Å². The minimum atomic E-state index is 0.131. The average Bonchev–Trinajstić information content (AvgIpc) is 2.65. The van der Waals surface area contributed by atoms with Crippen LogP contribution in [-0.4, -0.2) is 9.78 Å². The van der Waals surface area contributed by atoms with Crippen LogP contribution in [-0.2, 0) is 18.4 Å². The van der Waals surface area contributed by atoms with Crippen molar-refractivity contribution in [1.82, 2.24) is 9.78 Å². The van der Waals surface area contributed by atoms with Crippen molar-refractivity contribution in [1.29, 1.82) is 0 Å². The summed E-state index contributed by atoms with van der Waals surface area (Å²) < 4.78 is 2.26. The number of aromatic nitrogens is 2. The third-order valence-corrected chi connectivity index (χ3v) is 4.53. The minimum Gasteiger partial charge on any atom is -0.264 e. The van der Waals surface area contributed by atoms with E-state index in [0.717, 1.165) is 17.8 Å². The molecule has 2 nitrogen and oxygen atoms in total. The summed E-state index contributed by atoms with van der Waals surface area (Å²) in [6.07, 6.45) is 6.00. The lowest BCUT2D eigenvalue weighted by Gasteiger charge is -2.23. The Hall–Kier alpha value is -0.790. The zero-order chi connectivity index (χ0) is 11.5. The third kappa shape index (κ3) is 1.42. The standard InChI is InChI=1S/C14H22N2/c1-9-11-6-5-10-8-15-16(14(2,3)4)13(10)7-12(9)11/h8-9,11-12H,5-7H2,1-4H3/t9?,11-,12+/m0/s1. The van der Waals surface area contributed by atoms with Crippen LogP contribution in [0.4, 0.5) is 0 Å². The predicted molar refractivity (Wildman–Crippen MR) is 65.4 cm³/mol. The molecule has 0 amide bonds. The molecule has 1 aromatic heterocycles. The summed E-state index contributed by atoms with van der Waals surface area (Å²) in [6.45, 7) is 9.16. The Labute approximate surface area is 98.0 Å². The van der Waals surface area contributed by atoms with Gasteiger partial charge in [0.2, 0.25) is 0 Å². The van der Waals surface area contributed by atoms with Crippen LogP contribution in [0.2, 0.25) is 0 Å². The second-order valence-corrected chi connectivity index (χ2v) is 6.63. The first kappa shape index (κ1) is 10.4. The summed E-state index contributed by atoms with van der Waals surface area (Å²) in [4.78, 5) is 0. The van der Waals surface area contributed by atoms with Gasteiger partial charge in [-0.15, -0.1) is 0 Å². The molecule has 0 radical (unpaired) electrons. The summed E-state index contributed by atoms with van der Waals surface area (Å²) in [5.41, 5.74) is 3.16. The third-order valence-electron chi connectivity index (χ3n) is 4.53. The summed E-state index contributed by atoms with van der Waals surface area (Å²) in [5.74, 6) is 2.90. The monoisotopic (exact) mass is 218 g/mol. The normalized spacial score (nSPS) is 32.9. The molecule has 2 aliphatic carbocycles. The second kappa shape index (κ2) is 3.12. The zero-order valence-corrected chi connectivity index (χ0v) is 10.8. The van der Waals surface area contributed by atoms with E-state index in [0.29, 0.717) is 0 Å². The van der Waals surface area contributed by atoms with Crippen LogP contribution in [0.3, 0.4) is 0 Å². The Morgan fingerprint density at radius 3 is 2.75 bits per heavy atom. The number of hydrogen-bond donors (Lipinski definition) is 0. The van der Waals surface area contributed by atoms with Crippen molar-refractivity contribution in [2.75, 3.05) is 0 Å². The highest BCUT2D eigenvalue weighted by Crippen LogP contribution is 2.52. The van der Waals surface area contributed by atoms with Crippen LogP contribution in [0.1, 0.15) is 45.4 Å². The zero-order valence-electron chi connectivity index (χ0n) is 10.8. The molecule has 0 N–H and O–H groups in total. The van der Waals surface area contributed by atoms with Crippen molar-refractivity contribution >= 4 is 0 Å². The molecular weight excluding hydrogens is 196 g/mol. The molecule has 0 aliphatic heterocycles. The van der Waals surface area contributed by atoms with Gasteiger partial charge in [-0.2, -0.15) is 5.10 Å². The summed E-state index contributed by atoms with van der Waals surface area (Å²) in [7, 11) is 0. The van der Waals surface area contributed by atoms with E-state index in [4.69, 9.17) is 0 Å². The lowest BCUT2D eigenvalue weighted by Crippen LogP contribution is -2.25. The molecule has 0 spiro atoms. The van der Waals surface area contributed by atoms with Gasteiger partial charge >= 0.3 is 0 Å². The van der Waals surface area contributed by atoms with Crippen LogP contribution < -0.4 is 0 Å². The van der Waals surface area contributed by atoms with Crippen LogP contribution >= 0.6 is 0 Å². The Bertz CT molecular complexity index is 411. The van der Waals surface area contributed by atoms with Crippen molar-refractivity contribution in [3.05, 3.63) is 17.5 Å². The maximum absolute atomic E-state index is 4.61. The number of aryl methyl sites for hydroxylation is 1. The van der Waals surface area contributed by atoms with Gasteiger partial charge in [0.05, 0.1) is 11.7 Å². The Kier molecular flexibility index (Phi) is 2.02. The molecule has 2 heteroatoms. The minimum absolute atomic E-state index is 0.131. The van der Waals surface area contributed by atoms with Gasteiger partial charge in [-0.05, 0) is 63.4 Å². The molecule has 0 bridgehead atoms. The molecule has 3 rings (SSSR count). The summed E-state index contributed by atoms with van der Waals surface area (Å²) in [5, 5.41) is 4.61. The van der Waals surface area contributed by atoms with Crippen molar-refractivity contribution in [2.24, 2.45) is 17.8 Å². The van der Waals surface area contributed by atoms with E-state index in [1.54, 1.807) is 0 Å². The highest BCUT2D eigenvalue weighted by Gasteiger charge is 2.48. The molecule has 16 heavy (non-hydrogen) atoms. The van der Waals surface area contributed by atoms with Crippen molar-refractivity contribution < 1.29 is 0 Å². The van der Waals surface area contributed by atoms with Gasteiger partial charge in [-0.1, -0.05) is 6.92 Å². The molecule has 2 aliphatic rings. The molecule has 1 aromatic rings. The fraction of sp³-hybridized carbons (Fsp3) is 0.786. The first-order chi connectivity index (χ1) is 7.48. The molecular formula is C14H22N2. The highest BCUT2D eigenvalue weighted by molar-refractivity contribution is 5.24. The van der Waals surface area contributed by atoms with E-state index in [2.05, 4.69) is 43.7 Å². The van der Waals surface area contributed by atoms with Gasteiger partial charge < -0.3 is 0 Å². The lowest BCUT2D eigenvalue weighted by atomic mass is 10.0. The second-order valence-electron chi connectivity index (χ2n) is 6.63. The Morgan fingerprint density at radius 1 is 1.31 bits per heavy atom. The van der Waals surface area contributed by atoms with Crippen molar-refractivity contribution in [3.8, 4) is 0 Å². The Morgan fingerprint density at radius 2 is 2.06 bits per heavy atom. The largest absolute Gasteiger partial charge is 0.264 e. The van der Waals surface area contributed by atoms with Gasteiger partial charge in [-0.3, -0.25) is 4.68 Å². The van der Waals surface area contributed by atoms with Crippen LogP contribution in [0.15, 0.2) is 6.20 Å². The van der Waals surface area contributed by atoms with E-state index in [1.165, 1.54) is 30.5 Å². The Balaban J connectivity index is 1.98. The van der Waals surface area contributed by atoms with E-state index < -0.39 is 0 Å². The van der Waals surface area contributed by atoms with Crippen LogP contribution in [0, 0.1) is 17.8 Å². The predicted octanol–water partition coefficient (Wildman–Crippen LogP) is 3.01. The van der Waals surface area contributed by atoms with Gasteiger partial charge in [0.25, 0.3) is 0 Å². The number of fused-ring (bicyclic) bond motifs is 2. The van der Waals surface area contributed by atoms with Gasteiger partial charge in [-0.25, -0.2) is 0 Å². The van der Waals surface area contributed by atoms with Crippen LogP contribution in [0.5, 0.6) is 0 Å². The lowest BCUT2D eigenvalue weighted by molar-refractivity contribution is 0.340. The topological polar surface area (TPSA) is 17.8 Å². The fourth-order valence-corrected chi connectivity index (χ4v) is 3.41. The molecule has 3 atom stereocenters. The van der Waals surface area contributed by atoms with E-state index >= 15 is 0 Å². The maximum atomic E-state index is 4.61. The first-order valence-corrected chi connectivity index (χ1v) is 6.55. The number of nitrogens with zero attached hydrogens (tertiary/aromatic N) is 2. The molecule has 1 heterocycles. The van der Waals surface area contributed by atoms with E-state index in [1.807, 2.05) is 0 Å². The highest BCUT2D eigenvalue weighted by atomic mass is 15.3. The van der Waals surface area contributed by atoms with E-state index in [9.17, 15) is 0 Å². The van der Waals surface area contributed by atoms with Gasteiger partial charge in [0.15, 0.2) is 0 Å². The number of hydrogen-bond acceptors (Lipinski definition) is 1. The molecule has 1 saturated carbocycles. The summed E-state index contributed by atoms with van der Waals surface area (Å²) >= 11 is 0. The van der Waals surface area contributed by atoms with Gasteiger partial charge in [0, 0.05) is 5.69 Å². The fourth-order valence-electron chi connectivity index (χ4n) is 3.41. The molecule has 1 fully saturated rings. The first-order valence-electron chi connectivity index (χ1n) is 6.55. The SMILES string of the molecule is CC1[C@H]2Cc3c(cnn3C(C)(C)C)CC[C@@H]12. The van der Waals surface area contributed by atoms with Crippen molar-refractivity contribution in [2.45, 2.75) is 52.5 Å². The van der Waals surface area contributed by atoms with E-state index in [-0.39, 0.29) is 5.54 Å². The quantitative estimate of drug-likeness (QED) is 0.654. The molecule has 0 saturated heterocycles. The molecule has 88 valence electrons. The molecule has 1 unspecified atom stereocenters. The summed E-state index contributed by atoms with van der Waals surface area (Å²) in [6, 6.07) is 0. The van der Waals surface area contributed by atoms with Crippen molar-refractivity contribution in [3.63, 3.8) is 0 Å². The maximum Gasteiger partial charge on any atom is 0.0546 e. The average molecular weight is 218 g/mol. The molecule has 0 aromatic carbocycles.